The van der Waals surface area contributed by atoms with Crippen LogP contribution in [0.1, 0.15) is 23.8 Å². The van der Waals surface area contributed by atoms with Gasteiger partial charge in [-0.2, -0.15) is 0 Å². The Labute approximate surface area is 105 Å². The van der Waals surface area contributed by atoms with Crippen LogP contribution in [0, 0.1) is 0 Å². The summed E-state index contributed by atoms with van der Waals surface area (Å²) in [5.41, 5.74) is 6.08. The van der Waals surface area contributed by atoms with Crippen LogP contribution in [0.2, 0.25) is 0 Å². The zero-order valence-corrected chi connectivity index (χ0v) is 10.8. The quantitative estimate of drug-likeness (QED) is 0.827. The van der Waals surface area contributed by atoms with Gasteiger partial charge < -0.3 is 15.2 Å². The van der Waals surface area contributed by atoms with E-state index in [4.69, 9.17) is 15.2 Å². The summed E-state index contributed by atoms with van der Waals surface area (Å²) in [5, 5.41) is 2.05. The lowest BCUT2D eigenvalue weighted by molar-refractivity contribution is 0.151. The molecule has 4 nitrogen and oxygen atoms in total. The Morgan fingerprint density at radius 2 is 2.24 bits per heavy atom. The molecule has 2 aliphatic heterocycles. The Bertz CT molecular complexity index is 407. The van der Waals surface area contributed by atoms with Gasteiger partial charge in [-0.1, -0.05) is 0 Å². The molecule has 2 atom stereocenters. The van der Waals surface area contributed by atoms with Gasteiger partial charge in [0, 0.05) is 17.5 Å². The molecule has 0 spiro atoms. The molecule has 1 fully saturated rings. The fraction of sp³-hybridized carbons (Fsp3) is 0.667. The number of thiophene rings is 1. The van der Waals surface area contributed by atoms with E-state index >= 15 is 0 Å². The monoisotopic (exact) mass is 254 g/mol. The van der Waals surface area contributed by atoms with Crippen LogP contribution >= 0.6 is 11.3 Å². The van der Waals surface area contributed by atoms with Crippen LogP contribution in [-0.4, -0.2) is 37.7 Å². The Kier molecular flexibility index (Phi) is 2.98. The van der Waals surface area contributed by atoms with E-state index in [0.29, 0.717) is 25.3 Å². The molecule has 0 radical (unpaired) electrons. The first-order valence-corrected chi connectivity index (χ1v) is 6.96. The van der Waals surface area contributed by atoms with Crippen molar-refractivity contribution in [2.24, 2.45) is 5.73 Å². The molecular formula is C12H18N2O2S. The SMILES string of the molecule is CN1CCC(N)CC1c1scc2c1OCCO2. The van der Waals surface area contributed by atoms with Gasteiger partial charge in [-0.25, -0.2) is 0 Å². The lowest BCUT2D eigenvalue weighted by Gasteiger charge is -2.35. The molecule has 3 heterocycles. The number of nitrogens with zero attached hydrogens (tertiary/aromatic N) is 1. The molecule has 2 N–H and O–H groups in total. The summed E-state index contributed by atoms with van der Waals surface area (Å²) in [7, 11) is 2.16. The van der Waals surface area contributed by atoms with Crippen LogP contribution in [-0.2, 0) is 0 Å². The molecule has 1 aromatic rings. The van der Waals surface area contributed by atoms with E-state index < -0.39 is 0 Å². The fourth-order valence-corrected chi connectivity index (χ4v) is 3.64. The van der Waals surface area contributed by atoms with Gasteiger partial charge >= 0.3 is 0 Å². The highest BCUT2D eigenvalue weighted by atomic mass is 32.1. The Morgan fingerprint density at radius 3 is 3.12 bits per heavy atom. The van der Waals surface area contributed by atoms with Crippen LogP contribution in [0.5, 0.6) is 11.5 Å². The molecule has 0 saturated carbocycles. The standard InChI is InChI=1S/C12H18N2O2S/c1-14-3-2-8(13)6-9(14)12-11-10(7-17-12)15-4-5-16-11/h7-9H,2-6,13H2,1H3. The van der Waals surface area contributed by atoms with Crippen LogP contribution in [0.15, 0.2) is 5.38 Å². The third-order valence-electron chi connectivity index (χ3n) is 3.54. The maximum Gasteiger partial charge on any atom is 0.176 e. The average Bonchev–Trinajstić information content (AvgIpc) is 2.76. The predicted molar refractivity (Wildman–Crippen MR) is 67.9 cm³/mol. The maximum atomic E-state index is 6.08. The van der Waals surface area contributed by atoms with Crippen molar-refractivity contribution >= 4 is 11.3 Å². The molecule has 17 heavy (non-hydrogen) atoms. The highest BCUT2D eigenvalue weighted by molar-refractivity contribution is 7.10. The van der Waals surface area contributed by atoms with Gasteiger partial charge in [0.25, 0.3) is 0 Å². The molecule has 2 aliphatic rings. The minimum Gasteiger partial charge on any atom is -0.485 e. The summed E-state index contributed by atoms with van der Waals surface area (Å²) in [6.07, 6.45) is 2.09. The van der Waals surface area contributed by atoms with Crippen LogP contribution in [0.3, 0.4) is 0 Å². The maximum absolute atomic E-state index is 6.08. The van der Waals surface area contributed by atoms with Crippen LogP contribution < -0.4 is 15.2 Å². The number of likely N-dealkylation sites (tertiary alicyclic amines) is 1. The van der Waals surface area contributed by atoms with Gasteiger partial charge in [0.05, 0.1) is 4.88 Å². The molecule has 3 rings (SSSR count). The van der Waals surface area contributed by atoms with Gasteiger partial charge in [0.15, 0.2) is 11.5 Å². The average molecular weight is 254 g/mol. The third-order valence-corrected chi connectivity index (χ3v) is 4.58. The second-order valence-electron chi connectivity index (χ2n) is 4.77. The van der Waals surface area contributed by atoms with Crippen LogP contribution in [0.25, 0.3) is 0 Å². The second-order valence-corrected chi connectivity index (χ2v) is 5.68. The number of ether oxygens (including phenoxy) is 2. The molecule has 5 heteroatoms. The molecule has 94 valence electrons. The number of hydrogen-bond acceptors (Lipinski definition) is 5. The second kappa shape index (κ2) is 4.48. The highest BCUT2D eigenvalue weighted by Gasteiger charge is 2.31. The van der Waals surface area contributed by atoms with Crippen molar-refractivity contribution in [3.8, 4) is 11.5 Å². The zero-order chi connectivity index (χ0) is 11.8. The van der Waals surface area contributed by atoms with E-state index in [1.807, 2.05) is 0 Å². The van der Waals surface area contributed by atoms with Crippen molar-refractivity contribution in [1.29, 1.82) is 0 Å². The van der Waals surface area contributed by atoms with Gasteiger partial charge in [0.2, 0.25) is 0 Å². The van der Waals surface area contributed by atoms with Gasteiger partial charge in [0.1, 0.15) is 13.2 Å². The van der Waals surface area contributed by atoms with Crippen molar-refractivity contribution in [3.63, 3.8) is 0 Å². The Balaban J connectivity index is 1.89. The van der Waals surface area contributed by atoms with Gasteiger partial charge in [-0.05, 0) is 26.4 Å². The number of fused-ring (bicyclic) bond motifs is 1. The number of nitrogens with two attached hydrogens (primary N) is 1. The van der Waals surface area contributed by atoms with E-state index in [2.05, 4.69) is 17.3 Å². The van der Waals surface area contributed by atoms with Crippen molar-refractivity contribution in [2.45, 2.75) is 24.9 Å². The summed E-state index contributed by atoms with van der Waals surface area (Å²) in [6, 6.07) is 0.688. The molecule has 0 bridgehead atoms. The summed E-state index contributed by atoms with van der Waals surface area (Å²) in [5.74, 6) is 1.86. The van der Waals surface area contributed by atoms with Gasteiger partial charge in [-0.15, -0.1) is 11.3 Å². The Hall–Kier alpha value is -0.780. The summed E-state index contributed by atoms with van der Waals surface area (Å²) in [4.78, 5) is 3.64. The molecule has 0 amide bonds. The lowest BCUT2D eigenvalue weighted by atomic mass is 9.97. The van der Waals surface area contributed by atoms with E-state index in [0.717, 1.165) is 30.9 Å². The lowest BCUT2D eigenvalue weighted by Crippen LogP contribution is -2.39. The summed E-state index contributed by atoms with van der Waals surface area (Å²) < 4.78 is 11.3. The third kappa shape index (κ3) is 2.03. The molecule has 0 aromatic carbocycles. The number of piperidine rings is 1. The highest BCUT2D eigenvalue weighted by Crippen LogP contribution is 2.46. The van der Waals surface area contributed by atoms with E-state index in [-0.39, 0.29) is 0 Å². The molecule has 2 unspecified atom stereocenters. The largest absolute Gasteiger partial charge is 0.485 e. The predicted octanol–water partition coefficient (Wildman–Crippen LogP) is 1.61. The van der Waals surface area contributed by atoms with Crippen LogP contribution in [0.4, 0.5) is 0 Å². The van der Waals surface area contributed by atoms with Crippen molar-refractivity contribution in [1.82, 2.24) is 4.90 Å². The number of hydrogen-bond donors (Lipinski definition) is 1. The minimum atomic E-state index is 0.304. The first-order chi connectivity index (χ1) is 8.25. The van der Waals surface area contributed by atoms with Gasteiger partial charge in [-0.3, -0.25) is 4.90 Å². The fourth-order valence-electron chi connectivity index (χ4n) is 2.53. The minimum absolute atomic E-state index is 0.304. The van der Waals surface area contributed by atoms with Crippen molar-refractivity contribution in [2.75, 3.05) is 26.8 Å². The summed E-state index contributed by atoms with van der Waals surface area (Å²) >= 11 is 1.73. The molecule has 1 saturated heterocycles. The normalized spacial score (nSPS) is 29.3. The summed E-state index contributed by atoms with van der Waals surface area (Å²) in [6.45, 7) is 2.36. The first kappa shape index (κ1) is 11.3. The van der Waals surface area contributed by atoms with Crippen molar-refractivity contribution < 1.29 is 9.47 Å². The zero-order valence-electron chi connectivity index (χ0n) is 10.0. The van der Waals surface area contributed by atoms with E-state index in [9.17, 15) is 0 Å². The van der Waals surface area contributed by atoms with Crippen molar-refractivity contribution in [3.05, 3.63) is 10.3 Å². The smallest absolute Gasteiger partial charge is 0.176 e. The number of rotatable bonds is 1. The molecule has 0 aliphatic carbocycles. The van der Waals surface area contributed by atoms with E-state index in [1.165, 1.54) is 4.88 Å². The first-order valence-electron chi connectivity index (χ1n) is 6.08. The topological polar surface area (TPSA) is 47.7 Å². The molecular weight excluding hydrogens is 236 g/mol. The molecule has 1 aromatic heterocycles. The Morgan fingerprint density at radius 1 is 1.41 bits per heavy atom. The van der Waals surface area contributed by atoms with E-state index in [1.54, 1.807) is 11.3 Å².